The summed E-state index contributed by atoms with van der Waals surface area (Å²) in [4.78, 5) is 0. The summed E-state index contributed by atoms with van der Waals surface area (Å²) < 4.78 is 7.88. The van der Waals surface area contributed by atoms with E-state index in [1.54, 1.807) is 0 Å². The number of aromatic nitrogens is 1. The van der Waals surface area contributed by atoms with E-state index in [1.165, 1.54) is 11.4 Å². The van der Waals surface area contributed by atoms with Crippen molar-refractivity contribution < 1.29 is 9.84 Å². The third-order valence-corrected chi connectivity index (χ3v) is 3.89. The molecule has 0 saturated carbocycles. The van der Waals surface area contributed by atoms with Crippen molar-refractivity contribution in [3.63, 3.8) is 0 Å². The highest BCUT2D eigenvalue weighted by Gasteiger charge is 2.27. The molecule has 1 saturated heterocycles. The van der Waals surface area contributed by atoms with E-state index in [0.717, 1.165) is 44.5 Å². The Kier molecular flexibility index (Phi) is 2.52. The summed E-state index contributed by atoms with van der Waals surface area (Å²) in [6.07, 6.45) is 3.99. The van der Waals surface area contributed by atoms with E-state index in [4.69, 9.17) is 4.74 Å². The van der Waals surface area contributed by atoms with Crippen LogP contribution < -0.4 is 0 Å². The van der Waals surface area contributed by atoms with Gasteiger partial charge in [0.15, 0.2) is 0 Å². The molecule has 0 aromatic carbocycles. The van der Waals surface area contributed by atoms with E-state index in [9.17, 15) is 5.11 Å². The highest BCUT2D eigenvalue weighted by molar-refractivity contribution is 5.32. The van der Waals surface area contributed by atoms with Gasteiger partial charge in [0.25, 0.3) is 0 Å². The molecule has 2 atom stereocenters. The van der Waals surface area contributed by atoms with Crippen molar-refractivity contribution in [3.8, 4) is 0 Å². The second kappa shape index (κ2) is 3.90. The molecule has 3 rings (SSSR count). The quantitative estimate of drug-likeness (QED) is 0.788. The maximum absolute atomic E-state index is 10.00. The average molecular weight is 221 g/mol. The van der Waals surface area contributed by atoms with Gasteiger partial charge in [-0.25, -0.2) is 0 Å². The lowest BCUT2D eigenvalue weighted by Gasteiger charge is -2.23. The first kappa shape index (κ1) is 10.4. The molecule has 1 N–H and O–H groups in total. The highest BCUT2D eigenvalue weighted by atomic mass is 16.5. The molecular weight excluding hydrogens is 202 g/mol. The lowest BCUT2D eigenvalue weighted by Crippen LogP contribution is -2.17. The minimum Gasteiger partial charge on any atom is -0.388 e. The van der Waals surface area contributed by atoms with Gasteiger partial charge in [-0.1, -0.05) is 0 Å². The monoisotopic (exact) mass is 221 g/mol. The molecule has 2 unspecified atom stereocenters. The number of aryl methyl sites for hydroxylation is 1. The van der Waals surface area contributed by atoms with E-state index in [-0.39, 0.29) is 6.10 Å². The number of fused-ring (bicyclic) bond motifs is 1. The van der Waals surface area contributed by atoms with Gasteiger partial charge in [0.2, 0.25) is 0 Å². The van der Waals surface area contributed by atoms with Crippen molar-refractivity contribution >= 4 is 0 Å². The normalized spacial score (nSPS) is 29.4. The smallest absolute Gasteiger partial charge is 0.0807 e. The van der Waals surface area contributed by atoms with Crippen LogP contribution in [0.4, 0.5) is 0 Å². The molecule has 1 aliphatic heterocycles. The molecule has 16 heavy (non-hydrogen) atoms. The average Bonchev–Trinajstić information content (AvgIpc) is 2.85. The van der Waals surface area contributed by atoms with Crippen LogP contribution in [0.1, 0.15) is 48.4 Å². The van der Waals surface area contributed by atoms with Gasteiger partial charge in [0, 0.05) is 23.6 Å². The fourth-order valence-corrected chi connectivity index (χ4v) is 3.14. The summed E-state index contributed by atoms with van der Waals surface area (Å²) in [7, 11) is 0. The second-order valence-corrected chi connectivity index (χ2v) is 4.98. The number of nitrogens with zero attached hydrogens (tertiary/aromatic N) is 1. The van der Waals surface area contributed by atoms with Crippen LogP contribution in [-0.4, -0.2) is 22.9 Å². The van der Waals surface area contributed by atoms with Crippen LogP contribution in [-0.2, 0) is 11.2 Å². The van der Waals surface area contributed by atoms with Crippen molar-refractivity contribution in [3.05, 3.63) is 23.0 Å². The Bertz CT molecular complexity index is 391. The number of aliphatic hydroxyl groups excluding tert-OH is 1. The molecule has 2 heterocycles. The highest BCUT2D eigenvalue weighted by Crippen LogP contribution is 2.35. The molecule has 0 radical (unpaired) electrons. The van der Waals surface area contributed by atoms with Crippen molar-refractivity contribution in [1.82, 2.24) is 4.57 Å². The van der Waals surface area contributed by atoms with Gasteiger partial charge < -0.3 is 14.4 Å². The van der Waals surface area contributed by atoms with Crippen molar-refractivity contribution in [1.29, 1.82) is 0 Å². The molecule has 88 valence electrons. The largest absolute Gasteiger partial charge is 0.388 e. The topological polar surface area (TPSA) is 34.4 Å². The van der Waals surface area contributed by atoms with Crippen LogP contribution in [0.3, 0.4) is 0 Å². The number of hydrogen-bond donors (Lipinski definition) is 1. The van der Waals surface area contributed by atoms with Crippen LogP contribution in [0.15, 0.2) is 6.07 Å². The number of aliphatic hydroxyl groups is 1. The zero-order valence-corrected chi connectivity index (χ0v) is 9.78. The number of hydrogen-bond acceptors (Lipinski definition) is 2. The zero-order valence-electron chi connectivity index (χ0n) is 9.78. The Balaban J connectivity index is 2.03. The van der Waals surface area contributed by atoms with E-state index >= 15 is 0 Å². The van der Waals surface area contributed by atoms with E-state index in [0.29, 0.717) is 6.04 Å². The van der Waals surface area contributed by atoms with Gasteiger partial charge >= 0.3 is 0 Å². The molecule has 2 aliphatic rings. The van der Waals surface area contributed by atoms with Crippen molar-refractivity contribution in [2.24, 2.45) is 0 Å². The Labute approximate surface area is 96.0 Å². The molecule has 1 aliphatic carbocycles. The maximum atomic E-state index is 10.00. The van der Waals surface area contributed by atoms with Crippen LogP contribution in [0.25, 0.3) is 0 Å². The standard InChI is InChI=1S/C13H19NO2/c1-9-7-11-12(3-2-4-13(11)15)14(9)10-5-6-16-8-10/h7,10,13,15H,2-6,8H2,1H3. The van der Waals surface area contributed by atoms with Crippen LogP contribution in [0, 0.1) is 6.92 Å². The first-order valence-corrected chi connectivity index (χ1v) is 6.24. The van der Waals surface area contributed by atoms with Gasteiger partial charge in [-0.2, -0.15) is 0 Å². The lowest BCUT2D eigenvalue weighted by molar-refractivity contribution is 0.154. The van der Waals surface area contributed by atoms with E-state index in [2.05, 4.69) is 17.6 Å². The summed E-state index contributed by atoms with van der Waals surface area (Å²) in [6, 6.07) is 2.66. The SMILES string of the molecule is Cc1cc2c(n1C1CCOC1)CCCC2O. The van der Waals surface area contributed by atoms with Gasteiger partial charge in [-0.05, 0) is 38.7 Å². The summed E-state index contributed by atoms with van der Waals surface area (Å²) in [5, 5.41) is 10.00. The first-order valence-electron chi connectivity index (χ1n) is 6.24. The predicted octanol–water partition coefficient (Wildman–Crippen LogP) is 2.13. The van der Waals surface area contributed by atoms with Gasteiger partial charge in [-0.3, -0.25) is 0 Å². The Morgan fingerprint density at radius 2 is 2.31 bits per heavy atom. The summed E-state index contributed by atoms with van der Waals surface area (Å²) in [5.41, 5.74) is 3.80. The molecular formula is C13H19NO2. The maximum Gasteiger partial charge on any atom is 0.0807 e. The predicted molar refractivity (Wildman–Crippen MR) is 61.5 cm³/mol. The minimum atomic E-state index is -0.244. The first-order chi connectivity index (χ1) is 7.77. The number of rotatable bonds is 1. The van der Waals surface area contributed by atoms with Gasteiger partial charge in [0.1, 0.15) is 0 Å². The third kappa shape index (κ3) is 1.50. The Hall–Kier alpha value is -0.800. The van der Waals surface area contributed by atoms with Crippen molar-refractivity contribution in [2.75, 3.05) is 13.2 Å². The van der Waals surface area contributed by atoms with Crippen molar-refractivity contribution in [2.45, 2.75) is 44.8 Å². The van der Waals surface area contributed by atoms with E-state index < -0.39 is 0 Å². The summed E-state index contributed by atoms with van der Waals surface area (Å²) in [5.74, 6) is 0. The van der Waals surface area contributed by atoms with Gasteiger partial charge in [0.05, 0.1) is 18.8 Å². The van der Waals surface area contributed by atoms with E-state index in [1.807, 2.05) is 0 Å². The molecule has 1 fully saturated rings. The molecule has 3 heteroatoms. The van der Waals surface area contributed by atoms with Gasteiger partial charge in [-0.15, -0.1) is 0 Å². The molecule has 0 spiro atoms. The van der Waals surface area contributed by atoms with Crippen LogP contribution >= 0.6 is 0 Å². The summed E-state index contributed by atoms with van der Waals surface area (Å²) >= 11 is 0. The zero-order chi connectivity index (χ0) is 11.1. The van der Waals surface area contributed by atoms with Crippen LogP contribution in [0.5, 0.6) is 0 Å². The molecule has 1 aromatic heterocycles. The number of ether oxygens (including phenoxy) is 1. The molecule has 0 bridgehead atoms. The second-order valence-electron chi connectivity index (χ2n) is 4.98. The fourth-order valence-electron chi connectivity index (χ4n) is 3.14. The third-order valence-electron chi connectivity index (χ3n) is 3.89. The fraction of sp³-hybridized carbons (Fsp3) is 0.692. The Morgan fingerprint density at radius 1 is 1.44 bits per heavy atom. The minimum absolute atomic E-state index is 0.244. The Morgan fingerprint density at radius 3 is 3.06 bits per heavy atom. The lowest BCUT2D eigenvalue weighted by atomic mass is 9.95. The summed E-state index contributed by atoms with van der Waals surface area (Å²) in [6.45, 7) is 3.85. The molecule has 1 aromatic rings. The van der Waals surface area contributed by atoms with Crippen LogP contribution in [0.2, 0.25) is 0 Å². The molecule has 0 amide bonds. The molecule has 3 nitrogen and oxygen atoms in total.